The zero-order valence-electron chi connectivity index (χ0n) is 11.6. The van der Waals surface area contributed by atoms with Crippen LogP contribution >= 0.6 is 22.6 Å². The first-order valence-electron chi connectivity index (χ1n) is 6.11. The maximum atomic E-state index is 14.2. The normalized spacial score (nSPS) is 10.3. The summed E-state index contributed by atoms with van der Waals surface area (Å²) in [4.78, 5) is 21.7. The van der Waals surface area contributed by atoms with Crippen molar-refractivity contribution in [2.45, 2.75) is 0 Å². The van der Waals surface area contributed by atoms with Crippen molar-refractivity contribution >= 4 is 45.6 Å². The second-order valence-electron chi connectivity index (χ2n) is 4.35. The van der Waals surface area contributed by atoms with E-state index >= 15 is 0 Å². The quantitative estimate of drug-likeness (QED) is 0.341. The van der Waals surface area contributed by atoms with E-state index in [4.69, 9.17) is 0 Å². The van der Waals surface area contributed by atoms with Crippen LogP contribution in [-0.4, -0.2) is 18.0 Å². The molecular formula is C14H9F2IN2O4. The van der Waals surface area contributed by atoms with E-state index in [-0.39, 0.29) is 5.69 Å². The van der Waals surface area contributed by atoms with Gasteiger partial charge in [0, 0.05) is 9.64 Å². The van der Waals surface area contributed by atoms with E-state index in [0.717, 1.165) is 13.2 Å². The third-order valence-electron chi connectivity index (χ3n) is 2.88. The van der Waals surface area contributed by atoms with Gasteiger partial charge in [-0.1, -0.05) is 0 Å². The fourth-order valence-electron chi connectivity index (χ4n) is 1.82. The van der Waals surface area contributed by atoms with Gasteiger partial charge in [-0.25, -0.2) is 13.6 Å². The number of rotatable bonds is 4. The van der Waals surface area contributed by atoms with Crippen LogP contribution in [0.15, 0.2) is 30.3 Å². The summed E-state index contributed by atoms with van der Waals surface area (Å²) in [6, 6.07) is 5.65. The summed E-state index contributed by atoms with van der Waals surface area (Å²) >= 11 is 1.90. The van der Waals surface area contributed by atoms with Crippen LogP contribution in [0.25, 0.3) is 0 Å². The van der Waals surface area contributed by atoms with E-state index in [0.29, 0.717) is 9.64 Å². The van der Waals surface area contributed by atoms with Gasteiger partial charge in [-0.3, -0.25) is 10.1 Å². The number of hydrogen-bond acceptors (Lipinski definition) is 5. The monoisotopic (exact) mass is 434 g/mol. The first-order chi connectivity index (χ1) is 10.8. The fourth-order valence-corrected chi connectivity index (χ4v) is 2.27. The standard InChI is InChI=1S/C14H9F2IN2O4/c1-23-14(20)9-5-8(19(21)22)6-11(16)13(9)18-12-3-2-7(17)4-10(12)15/h2-6,18H,1H3. The maximum Gasteiger partial charge on any atom is 0.340 e. The number of nitrogens with zero attached hydrogens (tertiary/aromatic N) is 1. The number of esters is 1. The van der Waals surface area contributed by atoms with Gasteiger partial charge < -0.3 is 10.1 Å². The predicted molar refractivity (Wildman–Crippen MR) is 86.8 cm³/mol. The van der Waals surface area contributed by atoms with Gasteiger partial charge in [0.15, 0.2) is 5.82 Å². The number of nitrogens with one attached hydrogen (secondary N) is 1. The van der Waals surface area contributed by atoms with E-state index < -0.39 is 39.5 Å². The lowest BCUT2D eigenvalue weighted by molar-refractivity contribution is -0.385. The first-order valence-corrected chi connectivity index (χ1v) is 7.19. The fraction of sp³-hybridized carbons (Fsp3) is 0.0714. The molecule has 0 aliphatic heterocycles. The summed E-state index contributed by atoms with van der Waals surface area (Å²) in [6.45, 7) is 0. The topological polar surface area (TPSA) is 81.5 Å². The molecule has 0 bridgehead atoms. The highest BCUT2D eigenvalue weighted by atomic mass is 127. The van der Waals surface area contributed by atoms with Crippen molar-refractivity contribution in [3.8, 4) is 0 Å². The molecule has 2 rings (SSSR count). The minimum atomic E-state index is -1.07. The maximum absolute atomic E-state index is 14.2. The zero-order chi connectivity index (χ0) is 17.1. The molecular weight excluding hydrogens is 425 g/mol. The predicted octanol–water partition coefficient (Wildman–Crippen LogP) is 4.01. The molecule has 0 amide bonds. The highest BCUT2D eigenvalue weighted by molar-refractivity contribution is 14.1. The molecule has 2 aromatic rings. The number of hydrogen-bond donors (Lipinski definition) is 1. The lowest BCUT2D eigenvalue weighted by Gasteiger charge is -2.12. The molecule has 0 saturated carbocycles. The Hall–Kier alpha value is -2.30. The molecule has 0 saturated heterocycles. The number of halogens is 3. The largest absolute Gasteiger partial charge is 0.465 e. The Balaban J connectivity index is 2.56. The van der Waals surface area contributed by atoms with Crippen LogP contribution in [0, 0.1) is 25.3 Å². The molecule has 0 aromatic heterocycles. The van der Waals surface area contributed by atoms with E-state index in [9.17, 15) is 23.7 Å². The molecule has 120 valence electrons. The van der Waals surface area contributed by atoms with Crippen molar-refractivity contribution < 1.29 is 23.2 Å². The smallest absolute Gasteiger partial charge is 0.340 e. The second kappa shape index (κ2) is 6.86. The van der Waals surface area contributed by atoms with Crippen LogP contribution < -0.4 is 5.32 Å². The number of non-ortho nitro benzene ring substituents is 1. The number of benzene rings is 2. The van der Waals surface area contributed by atoms with E-state index in [1.807, 2.05) is 22.6 Å². The number of carbonyl (C=O) groups is 1. The molecule has 0 fully saturated rings. The van der Waals surface area contributed by atoms with Gasteiger partial charge in [-0.15, -0.1) is 0 Å². The molecule has 0 aliphatic rings. The molecule has 0 unspecified atom stereocenters. The lowest BCUT2D eigenvalue weighted by Crippen LogP contribution is -2.09. The van der Waals surface area contributed by atoms with E-state index in [2.05, 4.69) is 10.1 Å². The molecule has 0 radical (unpaired) electrons. The van der Waals surface area contributed by atoms with Crippen molar-refractivity contribution in [3.63, 3.8) is 0 Å². The minimum Gasteiger partial charge on any atom is -0.465 e. The van der Waals surface area contributed by atoms with Gasteiger partial charge in [-0.05, 0) is 40.8 Å². The van der Waals surface area contributed by atoms with Gasteiger partial charge in [0.05, 0.1) is 35.0 Å². The number of anilines is 2. The summed E-state index contributed by atoms with van der Waals surface area (Å²) in [5.41, 5.74) is -1.50. The molecule has 23 heavy (non-hydrogen) atoms. The summed E-state index contributed by atoms with van der Waals surface area (Å²) in [5.74, 6) is -2.72. The van der Waals surface area contributed by atoms with Gasteiger partial charge >= 0.3 is 5.97 Å². The Labute approximate surface area is 142 Å². The first kappa shape index (κ1) is 17.1. The van der Waals surface area contributed by atoms with Crippen LogP contribution in [-0.2, 0) is 4.74 Å². The van der Waals surface area contributed by atoms with Crippen LogP contribution in [0.5, 0.6) is 0 Å². The Kier molecular flexibility index (Phi) is 5.08. The third-order valence-corrected chi connectivity index (χ3v) is 3.55. The van der Waals surface area contributed by atoms with Gasteiger partial charge in [0.1, 0.15) is 5.82 Å². The van der Waals surface area contributed by atoms with Crippen LogP contribution in [0.2, 0.25) is 0 Å². The van der Waals surface area contributed by atoms with Crippen molar-refractivity contribution in [2.75, 3.05) is 12.4 Å². The molecule has 0 heterocycles. The lowest BCUT2D eigenvalue weighted by atomic mass is 10.1. The number of nitro groups is 1. The Morgan fingerprint density at radius 2 is 1.96 bits per heavy atom. The molecule has 1 N–H and O–H groups in total. The molecule has 0 aliphatic carbocycles. The molecule has 9 heteroatoms. The average Bonchev–Trinajstić information content (AvgIpc) is 2.50. The van der Waals surface area contributed by atoms with Crippen LogP contribution in [0.1, 0.15) is 10.4 Å². The summed E-state index contributed by atoms with van der Waals surface area (Å²) < 4.78 is 33.2. The number of ether oxygens (including phenoxy) is 1. The average molecular weight is 434 g/mol. The molecule has 2 aromatic carbocycles. The Morgan fingerprint density at radius 3 is 2.52 bits per heavy atom. The number of methoxy groups -OCH3 is 1. The van der Waals surface area contributed by atoms with Crippen molar-refractivity contribution in [1.82, 2.24) is 0 Å². The molecule has 0 atom stereocenters. The summed E-state index contributed by atoms with van der Waals surface area (Å²) in [7, 11) is 1.05. The van der Waals surface area contributed by atoms with Crippen molar-refractivity contribution in [1.29, 1.82) is 0 Å². The van der Waals surface area contributed by atoms with Crippen LogP contribution in [0.3, 0.4) is 0 Å². The van der Waals surface area contributed by atoms with Crippen molar-refractivity contribution in [2.24, 2.45) is 0 Å². The van der Waals surface area contributed by atoms with Gasteiger partial charge in [0.25, 0.3) is 5.69 Å². The van der Waals surface area contributed by atoms with Crippen molar-refractivity contribution in [3.05, 3.63) is 61.2 Å². The number of carbonyl (C=O) groups excluding carboxylic acids is 1. The minimum absolute atomic E-state index is 0.0803. The summed E-state index contributed by atoms with van der Waals surface area (Å²) in [6.07, 6.45) is 0. The zero-order valence-corrected chi connectivity index (χ0v) is 13.8. The van der Waals surface area contributed by atoms with Gasteiger partial charge in [0.2, 0.25) is 0 Å². The molecule has 6 nitrogen and oxygen atoms in total. The third kappa shape index (κ3) is 3.73. The Morgan fingerprint density at radius 1 is 1.26 bits per heavy atom. The van der Waals surface area contributed by atoms with E-state index in [1.54, 1.807) is 6.07 Å². The summed E-state index contributed by atoms with van der Waals surface area (Å²) in [5, 5.41) is 13.2. The number of nitro benzene ring substituents is 1. The Bertz CT molecular complexity index is 799. The highest BCUT2D eigenvalue weighted by Gasteiger charge is 2.23. The SMILES string of the molecule is COC(=O)c1cc([N+](=O)[O-])cc(F)c1Nc1ccc(I)cc1F. The van der Waals surface area contributed by atoms with E-state index in [1.165, 1.54) is 12.1 Å². The van der Waals surface area contributed by atoms with Gasteiger partial charge in [-0.2, -0.15) is 0 Å². The second-order valence-corrected chi connectivity index (χ2v) is 5.59. The molecule has 0 spiro atoms. The van der Waals surface area contributed by atoms with Crippen LogP contribution in [0.4, 0.5) is 25.8 Å². The highest BCUT2D eigenvalue weighted by Crippen LogP contribution is 2.30.